The molecule has 3 heteroatoms. The second-order valence-electron chi connectivity index (χ2n) is 4.51. The minimum Gasteiger partial charge on any atom is -0.427 e. The van der Waals surface area contributed by atoms with Crippen LogP contribution in [0.3, 0.4) is 0 Å². The third-order valence-electron chi connectivity index (χ3n) is 2.38. The number of rotatable bonds is 0. The molecular weight excluding hydrogens is 176 g/mol. The first-order valence-corrected chi connectivity index (χ1v) is 4.66. The smallest absolute Gasteiger partial charge is 0.175 e. The van der Waals surface area contributed by atoms with Crippen LogP contribution in [0.1, 0.15) is 26.3 Å². The Balaban J connectivity index is 2.70. The molecule has 0 aromatic carbocycles. The van der Waals surface area contributed by atoms with E-state index in [-0.39, 0.29) is 5.41 Å². The van der Waals surface area contributed by atoms with Crippen LogP contribution >= 0.6 is 0 Å². The summed E-state index contributed by atoms with van der Waals surface area (Å²) in [6.07, 6.45) is 3.35. The summed E-state index contributed by atoms with van der Waals surface area (Å²) in [5, 5.41) is 9.50. The largest absolute Gasteiger partial charge is 0.427 e. The van der Waals surface area contributed by atoms with Crippen molar-refractivity contribution < 1.29 is 5.21 Å². The number of pyridine rings is 1. The van der Waals surface area contributed by atoms with Crippen molar-refractivity contribution >= 4 is 0 Å². The molecule has 0 aromatic heterocycles. The molecule has 0 aliphatic carbocycles. The van der Waals surface area contributed by atoms with Gasteiger partial charge in [0.2, 0.25) is 0 Å². The van der Waals surface area contributed by atoms with E-state index in [1.807, 2.05) is 12.1 Å². The van der Waals surface area contributed by atoms with Gasteiger partial charge in [-0.05, 0) is 23.1 Å². The molecule has 0 amide bonds. The molecule has 3 nitrogen and oxygen atoms in total. The van der Waals surface area contributed by atoms with E-state index >= 15 is 0 Å². The van der Waals surface area contributed by atoms with Gasteiger partial charge < -0.3 is 5.21 Å². The van der Waals surface area contributed by atoms with Gasteiger partial charge in [0.05, 0.1) is 0 Å². The Morgan fingerprint density at radius 2 is 2.00 bits per heavy atom. The van der Waals surface area contributed by atoms with Crippen LogP contribution in [0.15, 0.2) is 24.5 Å². The highest BCUT2D eigenvalue weighted by Gasteiger charge is 2.22. The van der Waals surface area contributed by atoms with Gasteiger partial charge >= 0.3 is 0 Å². The van der Waals surface area contributed by atoms with Gasteiger partial charge in [-0.15, -0.1) is 0 Å². The molecule has 2 rings (SSSR count). The lowest BCUT2D eigenvalue weighted by Crippen LogP contribution is -2.14. The Labute approximate surface area is 83.3 Å². The normalized spacial score (nSPS) is 12.2. The van der Waals surface area contributed by atoms with Crippen molar-refractivity contribution in [3.63, 3.8) is 0 Å². The van der Waals surface area contributed by atoms with Gasteiger partial charge in [-0.2, -0.15) is 4.73 Å². The molecule has 0 radical (unpaired) electrons. The zero-order valence-electron chi connectivity index (χ0n) is 8.65. The first kappa shape index (κ1) is 9.06. The van der Waals surface area contributed by atoms with E-state index in [0.717, 1.165) is 10.3 Å². The first-order valence-electron chi connectivity index (χ1n) is 4.66. The predicted octanol–water partition coefficient (Wildman–Crippen LogP) is 2.52. The number of nitrogens with zero attached hydrogens (tertiary/aromatic N) is 2. The zero-order valence-corrected chi connectivity index (χ0v) is 8.65. The van der Waals surface area contributed by atoms with Crippen LogP contribution in [-0.4, -0.2) is 14.9 Å². The minimum absolute atomic E-state index is 0.0720. The molecule has 0 aromatic rings. The van der Waals surface area contributed by atoms with Crippen LogP contribution < -0.4 is 0 Å². The summed E-state index contributed by atoms with van der Waals surface area (Å²) < 4.78 is 1.06. The van der Waals surface area contributed by atoms with Gasteiger partial charge in [0.15, 0.2) is 5.82 Å². The van der Waals surface area contributed by atoms with E-state index in [2.05, 4.69) is 25.8 Å². The molecule has 2 heterocycles. The van der Waals surface area contributed by atoms with Crippen LogP contribution in [0.4, 0.5) is 0 Å². The standard InChI is InChI=1S/C11H14N2O/c1-11(2,3)9-5-7-13(14)10-8(9)4-6-12-10/h4-7,14H,1-3H3. The summed E-state index contributed by atoms with van der Waals surface area (Å²) in [4.78, 5) is 4.11. The molecule has 0 bridgehead atoms. The molecule has 0 unspecified atom stereocenters. The summed E-state index contributed by atoms with van der Waals surface area (Å²) in [6, 6.07) is 3.87. The van der Waals surface area contributed by atoms with Crippen LogP contribution in [0.25, 0.3) is 11.4 Å². The molecule has 1 N–H and O–H groups in total. The van der Waals surface area contributed by atoms with Crippen LogP contribution in [0.2, 0.25) is 0 Å². The summed E-state index contributed by atoms with van der Waals surface area (Å²) in [5.41, 5.74) is 2.29. The van der Waals surface area contributed by atoms with Gasteiger partial charge in [0.1, 0.15) is 0 Å². The van der Waals surface area contributed by atoms with E-state index in [0.29, 0.717) is 5.82 Å². The number of aromatic nitrogens is 2. The molecular formula is C11H14N2O. The first-order chi connectivity index (χ1) is 6.50. The number of hydrogen-bond acceptors (Lipinski definition) is 2. The fraction of sp³-hybridized carbons (Fsp3) is 0.364. The van der Waals surface area contributed by atoms with Crippen molar-refractivity contribution in [2.45, 2.75) is 26.2 Å². The Kier molecular flexibility index (Phi) is 1.77. The van der Waals surface area contributed by atoms with E-state index in [1.54, 1.807) is 12.4 Å². The van der Waals surface area contributed by atoms with Crippen molar-refractivity contribution in [2.75, 3.05) is 0 Å². The second-order valence-corrected chi connectivity index (χ2v) is 4.51. The molecule has 0 fully saturated rings. The second kappa shape index (κ2) is 2.74. The van der Waals surface area contributed by atoms with Gasteiger partial charge in [-0.3, -0.25) is 0 Å². The fourth-order valence-corrected chi connectivity index (χ4v) is 1.68. The molecule has 14 heavy (non-hydrogen) atoms. The SMILES string of the molecule is CC(C)(C)c1ccn(O)c2nccc1-2. The van der Waals surface area contributed by atoms with Crippen molar-refractivity contribution in [1.82, 2.24) is 9.71 Å². The van der Waals surface area contributed by atoms with Gasteiger partial charge in [-0.25, -0.2) is 4.98 Å². The summed E-state index contributed by atoms with van der Waals surface area (Å²) in [6.45, 7) is 6.45. The van der Waals surface area contributed by atoms with E-state index in [1.165, 1.54) is 5.56 Å². The summed E-state index contributed by atoms with van der Waals surface area (Å²) >= 11 is 0. The van der Waals surface area contributed by atoms with Crippen molar-refractivity contribution in [3.8, 4) is 11.4 Å². The Morgan fingerprint density at radius 1 is 1.29 bits per heavy atom. The molecule has 0 saturated heterocycles. The molecule has 0 saturated carbocycles. The Hall–Kier alpha value is -1.51. The molecule has 2 aliphatic heterocycles. The van der Waals surface area contributed by atoms with Gasteiger partial charge in [0.25, 0.3) is 0 Å². The highest BCUT2D eigenvalue weighted by atomic mass is 16.5. The monoisotopic (exact) mass is 190 g/mol. The minimum atomic E-state index is 0.0720. The maximum atomic E-state index is 9.50. The van der Waals surface area contributed by atoms with Crippen molar-refractivity contribution in [2.24, 2.45) is 0 Å². The average molecular weight is 190 g/mol. The summed E-state index contributed by atoms with van der Waals surface area (Å²) in [5.74, 6) is 0.623. The molecule has 74 valence electrons. The lowest BCUT2D eigenvalue weighted by atomic mass is 9.84. The van der Waals surface area contributed by atoms with Crippen LogP contribution in [0.5, 0.6) is 0 Å². The molecule has 2 aliphatic rings. The molecule has 0 spiro atoms. The summed E-state index contributed by atoms with van der Waals surface area (Å²) in [7, 11) is 0. The zero-order chi connectivity index (χ0) is 10.3. The van der Waals surface area contributed by atoms with E-state index < -0.39 is 0 Å². The third-order valence-corrected chi connectivity index (χ3v) is 2.38. The van der Waals surface area contributed by atoms with Gasteiger partial charge in [-0.1, -0.05) is 20.8 Å². The quantitative estimate of drug-likeness (QED) is 0.648. The van der Waals surface area contributed by atoms with Crippen molar-refractivity contribution in [1.29, 1.82) is 0 Å². The highest BCUT2D eigenvalue weighted by molar-refractivity contribution is 5.63. The van der Waals surface area contributed by atoms with Gasteiger partial charge in [0, 0.05) is 18.0 Å². The lowest BCUT2D eigenvalue weighted by molar-refractivity contribution is 0.186. The van der Waals surface area contributed by atoms with Crippen molar-refractivity contribution in [3.05, 3.63) is 30.1 Å². The predicted molar refractivity (Wildman–Crippen MR) is 54.7 cm³/mol. The van der Waals surface area contributed by atoms with Crippen LogP contribution in [0, 0.1) is 0 Å². The average Bonchev–Trinajstić information content (AvgIpc) is 2.50. The van der Waals surface area contributed by atoms with Crippen LogP contribution in [-0.2, 0) is 5.41 Å². The molecule has 0 atom stereocenters. The lowest BCUT2D eigenvalue weighted by Gasteiger charge is -2.22. The highest BCUT2D eigenvalue weighted by Crippen LogP contribution is 2.32. The van der Waals surface area contributed by atoms with E-state index in [4.69, 9.17) is 0 Å². The Bertz CT molecular complexity index is 426. The maximum absolute atomic E-state index is 9.50. The number of hydrogen-bond donors (Lipinski definition) is 1. The fourth-order valence-electron chi connectivity index (χ4n) is 1.68. The van der Waals surface area contributed by atoms with E-state index in [9.17, 15) is 5.21 Å². The maximum Gasteiger partial charge on any atom is 0.175 e. The third kappa shape index (κ3) is 1.25. The Morgan fingerprint density at radius 3 is 2.64 bits per heavy atom. The number of fused-ring (bicyclic) bond motifs is 1. The topological polar surface area (TPSA) is 38.0 Å².